The lowest BCUT2D eigenvalue weighted by molar-refractivity contribution is -0.127. The summed E-state index contributed by atoms with van der Waals surface area (Å²) in [5.74, 6) is 0.666. The van der Waals surface area contributed by atoms with Crippen LogP contribution in [0.4, 0.5) is 5.69 Å². The molecule has 0 saturated heterocycles. The number of carbonyl (C=O) groups is 1. The summed E-state index contributed by atoms with van der Waals surface area (Å²) in [5, 5.41) is 2.78. The van der Waals surface area contributed by atoms with Gasteiger partial charge in [-0.15, -0.1) is 0 Å². The number of hydrogen-bond acceptors (Lipinski definition) is 5. The van der Waals surface area contributed by atoms with E-state index in [0.717, 1.165) is 16.9 Å². The molecule has 1 aliphatic heterocycles. The van der Waals surface area contributed by atoms with Crippen LogP contribution in [0, 0.1) is 13.8 Å². The number of hydrogen-bond donors (Lipinski definition) is 1. The smallest absolute Gasteiger partial charge is 0.264 e. The van der Waals surface area contributed by atoms with Gasteiger partial charge >= 0.3 is 0 Å². The van der Waals surface area contributed by atoms with E-state index < -0.39 is 22.0 Å². The fraction of sp³-hybridized carbons (Fsp3) is 0.240. The Morgan fingerprint density at radius 3 is 2.55 bits per heavy atom. The first-order valence-corrected chi connectivity index (χ1v) is 12.1. The third-order valence-electron chi connectivity index (χ3n) is 5.30. The number of aryl methyl sites for hydroxylation is 2. The Kier molecular flexibility index (Phi) is 6.55. The van der Waals surface area contributed by atoms with Crippen molar-refractivity contribution in [2.24, 2.45) is 0 Å². The van der Waals surface area contributed by atoms with Crippen LogP contribution in [0.15, 0.2) is 77.7 Å². The first-order chi connectivity index (χ1) is 15.8. The molecule has 1 N–H and O–H groups in total. The van der Waals surface area contributed by atoms with Gasteiger partial charge in [0.2, 0.25) is 0 Å². The molecule has 3 aromatic carbocycles. The Morgan fingerprint density at radius 2 is 1.79 bits per heavy atom. The molecule has 0 unspecified atom stereocenters. The molecule has 0 bridgehead atoms. The first-order valence-electron chi connectivity index (χ1n) is 10.7. The lowest BCUT2D eigenvalue weighted by atomic mass is 10.2. The highest BCUT2D eigenvalue weighted by atomic mass is 32.2. The molecule has 0 aromatic heterocycles. The number of fused-ring (bicyclic) bond motifs is 1. The van der Waals surface area contributed by atoms with Gasteiger partial charge < -0.3 is 14.8 Å². The lowest BCUT2D eigenvalue weighted by Gasteiger charge is -2.34. The molecule has 1 amide bonds. The summed E-state index contributed by atoms with van der Waals surface area (Å²) in [7, 11) is -3.88. The highest BCUT2D eigenvalue weighted by molar-refractivity contribution is 7.92. The van der Waals surface area contributed by atoms with Crippen LogP contribution in [0.1, 0.15) is 11.1 Å². The molecule has 0 fully saturated rings. The van der Waals surface area contributed by atoms with E-state index >= 15 is 0 Å². The normalized spacial score (nSPS) is 15.3. The van der Waals surface area contributed by atoms with E-state index in [1.54, 1.807) is 48.5 Å². The largest absolute Gasteiger partial charge is 0.492 e. The molecule has 1 aliphatic rings. The van der Waals surface area contributed by atoms with Crippen molar-refractivity contribution in [3.63, 3.8) is 0 Å². The van der Waals surface area contributed by atoms with Crippen molar-refractivity contribution in [1.29, 1.82) is 0 Å². The second-order valence-corrected chi connectivity index (χ2v) is 9.74. The van der Waals surface area contributed by atoms with Gasteiger partial charge in [0.05, 0.1) is 23.7 Å². The highest BCUT2D eigenvalue weighted by Crippen LogP contribution is 2.36. The van der Waals surface area contributed by atoms with Gasteiger partial charge in [0.1, 0.15) is 18.1 Å². The second kappa shape index (κ2) is 9.54. The maximum atomic E-state index is 13.4. The topological polar surface area (TPSA) is 84.9 Å². The van der Waals surface area contributed by atoms with E-state index in [4.69, 9.17) is 9.47 Å². The van der Waals surface area contributed by atoms with Crippen LogP contribution in [-0.4, -0.2) is 40.1 Å². The van der Waals surface area contributed by atoms with Crippen molar-refractivity contribution in [3.8, 4) is 11.5 Å². The Bertz CT molecular complexity index is 1240. The SMILES string of the molecule is Cc1ccc(S(=O)(=O)N2C[C@@H](C(=O)NCCOc3cccc(C)c3)Oc3ccccc32)cc1. The Hall–Kier alpha value is -3.52. The molecule has 0 spiro atoms. The zero-order valence-electron chi connectivity index (χ0n) is 18.5. The zero-order chi connectivity index (χ0) is 23.4. The molecular weight excluding hydrogens is 440 g/mol. The predicted octanol–water partition coefficient (Wildman–Crippen LogP) is 3.45. The lowest BCUT2D eigenvalue weighted by Crippen LogP contribution is -2.51. The van der Waals surface area contributed by atoms with Crippen LogP contribution < -0.4 is 19.1 Å². The predicted molar refractivity (Wildman–Crippen MR) is 126 cm³/mol. The van der Waals surface area contributed by atoms with Crippen molar-refractivity contribution in [2.45, 2.75) is 24.8 Å². The van der Waals surface area contributed by atoms with Crippen LogP contribution >= 0.6 is 0 Å². The monoisotopic (exact) mass is 466 g/mol. The average molecular weight is 467 g/mol. The molecule has 33 heavy (non-hydrogen) atoms. The van der Waals surface area contributed by atoms with E-state index in [0.29, 0.717) is 11.4 Å². The van der Waals surface area contributed by atoms with E-state index in [-0.39, 0.29) is 24.6 Å². The highest BCUT2D eigenvalue weighted by Gasteiger charge is 2.37. The molecule has 0 saturated carbocycles. The van der Waals surface area contributed by atoms with E-state index in [1.807, 2.05) is 38.1 Å². The van der Waals surface area contributed by atoms with Gasteiger partial charge in [-0.25, -0.2) is 8.42 Å². The van der Waals surface area contributed by atoms with Crippen LogP contribution in [-0.2, 0) is 14.8 Å². The number of benzene rings is 3. The average Bonchev–Trinajstić information content (AvgIpc) is 2.81. The minimum Gasteiger partial charge on any atom is -0.492 e. The van der Waals surface area contributed by atoms with Crippen molar-refractivity contribution < 1.29 is 22.7 Å². The summed E-state index contributed by atoms with van der Waals surface area (Å²) in [6.45, 7) is 4.29. The van der Waals surface area contributed by atoms with Crippen molar-refractivity contribution in [2.75, 3.05) is 24.0 Å². The van der Waals surface area contributed by atoms with Crippen molar-refractivity contribution in [3.05, 3.63) is 83.9 Å². The second-order valence-electron chi connectivity index (χ2n) is 7.88. The number of nitrogens with one attached hydrogen (secondary N) is 1. The maximum absolute atomic E-state index is 13.4. The molecule has 172 valence electrons. The first kappa shape index (κ1) is 22.7. The Morgan fingerprint density at radius 1 is 1.03 bits per heavy atom. The quantitative estimate of drug-likeness (QED) is 0.539. The molecule has 1 heterocycles. The molecule has 3 aromatic rings. The van der Waals surface area contributed by atoms with Gasteiger partial charge in [-0.3, -0.25) is 9.10 Å². The maximum Gasteiger partial charge on any atom is 0.264 e. The van der Waals surface area contributed by atoms with Crippen LogP contribution in [0.3, 0.4) is 0 Å². The van der Waals surface area contributed by atoms with Gasteiger partial charge in [0.15, 0.2) is 6.10 Å². The molecule has 7 nitrogen and oxygen atoms in total. The summed E-state index contributed by atoms with van der Waals surface area (Å²) in [6, 6.07) is 21.1. The minimum atomic E-state index is -3.88. The van der Waals surface area contributed by atoms with Crippen molar-refractivity contribution >= 4 is 21.6 Å². The number of para-hydroxylation sites is 2. The summed E-state index contributed by atoms with van der Waals surface area (Å²) >= 11 is 0. The number of carbonyl (C=O) groups excluding carboxylic acids is 1. The van der Waals surface area contributed by atoms with Gasteiger partial charge in [0.25, 0.3) is 15.9 Å². The third kappa shape index (κ3) is 5.12. The van der Waals surface area contributed by atoms with E-state index in [2.05, 4.69) is 5.32 Å². The number of anilines is 1. The fourth-order valence-corrected chi connectivity index (χ4v) is 5.04. The summed E-state index contributed by atoms with van der Waals surface area (Å²) < 4.78 is 39.5. The number of amides is 1. The van der Waals surface area contributed by atoms with Gasteiger partial charge in [-0.05, 0) is 55.8 Å². The number of nitrogens with zero attached hydrogens (tertiary/aromatic N) is 1. The fourth-order valence-electron chi connectivity index (χ4n) is 3.57. The summed E-state index contributed by atoms with van der Waals surface area (Å²) in [6.07, 6.45) is -0.987. The number of ether oxygens (including phenoxy) is 2. The Balaban J connectivity index is 1.46. The molecule has 0 aliphatic carbocycles. The molecule has 0 radical (unpaired) electrons. The molecular formula is C25H26N2O5S. The van der Waals surface area contributed by atoms with Gasteiger partial charge in [-0.1, -0.05) is 42.0 Å². The van der Waals surface area contributed by atoms with Crippen LogP contribution in [0.2, 0.25) is 0 Å². The van der Waals surface area contributed by atoms with E-state index in [1.165, 1.54) is 4.31 Å². The Labute approximate surface area is 194 Å². The molecule has 4 rings (SSSR count). The van der Waals surface area contributed by atoms with Crippen LogP contribution in [0.5, 0.6) is 11.5 Å². The standard InChI is InChI=1S/C25H26N2O5S/c1-18-10-12-21(13-11-18)33(29,30)27-17-24(32-23-9-4-3-8-22(23)27)25(28)26-14-15-31-20-7-5-6-19(2)16-20/h3-13,16,24H,14-15,17H2,1-2H3,(H,26,28)/t24-/m0/s1. The molecule has 8 heteroatoms. The number of sulfonamides is 1. The van der Waals surface area contributed by atoms with Crippen molar-refractivity contribution in [1.82, 2.24) is 5.32 Å². The van der Waals surface area contributed by atoms with Gasteiger partial charge in [-0.2, -0.15) is 0 Å². The molecule has 1 atom stereocenters. The van der Waals surface area contributed by atoms with E-state index in [9.17, 15) is 13.2 Å². The summed E-state index contributed by atoms with van der Waals surface area (Å²) in [5.41, 5.74) is 2.45. The number of rotatable bonds is 7. The van der Waals surface area contributed by atoms with Crippen LogP contribution in [0.25, 0.3) is 0 Å². The minimum absolute atomic E-state index is 0.127. The zero-order valence-corrected chi connectivity index (χ0v) is 19.3. The summed E-state index contributed by atoms with van der Waals surface area (Å²) in [4.78, 5) is 13.0. The third-order valence-corrected chi connectivity index (χ3v) is 7.09. The van der Waals surface area contributed by atoms with Gasteiger partial charge in [0, 0.05) is 0 Å².